The fraction of sp³-hybridized carbons (Fsp3) is 0. The zero-order chi connectivity index (χ0) is 13.1. The van der Waals surface area contributed by atoms with E-state index >= 15 is 0 Å². The molecule has 90 valence electrons. The number of hydrogen-bond donors (Lipinski definition) is 1. The van der Waals surface area contributed by atoms with E-state index < -0.39 is 0 Å². The molecule has 18 heavy (non-hydrogen) atoms. The zero-order valence-electron chi connectivity index (χ0n) is 8.91. The summed E-state index contributed by atoms with van der Waals surface area (Å²) in [7, 11) is 0. The first-order chi connectivity index (χ1) is 8.60. The first kappa shape index (κ1) is 13.1. The molecule has 0 atom stereocenters. The molecule has 1 amide bonds. The molecule has 0 saturated heterocycles. The molecule has 0 radical (unpaired) electrons. The van der Waals surface area contributed by atoms with Gasteiger partial charge in [-0.15, -0.1) is 11.3 Å². The number of thiophene rings is 1. The Morgan fingerprint density at radius 3 is 2.78 bits per heavy atom. The van der Waals surface area contributed by atoms with Crippen LogP contribution in [0.3, 0.4) is 0 Å². The maximum atomic E-state index is 11.9. The number of nitrogens with zero attached hydrogens (tertiary/aromatic N) is 1. The van der Waals surface area contributed by atoms with E-state index in [4.69, 9.17) is 16.9 Å². The molecule has 2 aromatic rings. The van der Waals surface area contributed by atoms with Crippen molar-refractivity contribution in [2.75, 3.05) is 5.32 Å². The van der Waals surface area contributed by atoms with Crippen LogP contribution in [0.5, 0.6) is 0 Å². The van der Waals surface area contributed by atoms with Gasteiger partial charge in [-0.25, -0.2) is 0 Å². The number of anilines is 1. The molecule has 0 fully saturated rings. The number of amides is 1. The Hall–Kier alpha value is -1.35. The van der Waals surface area contributed by atoms with Crippen LogP contribution in [0.15, 0.2) is 34.1 Å². The molecule has 3 nitrogen and oxygen atoms in total. The molecule has 2 rings (SSSR count). The number of carbonyl (C=O) groups excluding carboxylic acids is 1. The Bertz CT molecular complexity index is 648. The van der Waals surface area contributed by atoms with Gasteiger partial charge in [-0.3, -0.25) is 4.79 Å². The van der Waals surface area contributed by atoms with E-state index in [-0.39, 0.29) is 5.91 Å². The highest BCUT2D eigenvalue weighted by molar-refractivity contribution is 9.11. The van der Waals surface area contributed by atoms with E-state index in [1.165, 1.54) is 11.3 Å². The smallest absolute Gasteiger partial charge is 0.265 e. The predicted octanol–water partition coefficient (Wildman–Crippen LogP) is 4.29. The molecule has 0 bridgehead atoms. The average molecular weight is 342 g/mol. The molecule has 1 N–H and O–H groups in total. The summed E-state index contributed by atoms with van der Waals surface area (Å²) in [5, 5.41) is 11.9. The van der Waals surface area contributed by atoms with E-state index in [0.29, 0.717) is 21.2 Å². The van der Waals surface area contributed by atoms with Crippen molar-refractivity contribution >= 4 is 50.5 Å². The Kier molecular flexibility index (Phi) is 4.02. The standard InChI is InChI=1S/C12H6BrClN2OS/c13-11-4-3-10(18-11)12(17)16-8-1-2-9(14)7(5-8)6-15/h1-5H,(H,16,17). The minimum atomic E-state index is -0.211. The van der Waals surface area contributed by atoms with E-state index in [1.807, 2.05) is 12.1 Å². The molecule has 0 spiro atoms. The summed E-state index contributed by atoms with van der Waals surface area (Å²) >= 11 is 10.5. The lowest BCUT2D eigenvalue weighted by molar-refractivity contribution is 0.103. The first-order valence-corrected chi connectivity index (χ1v) is 6.85. The summed E-state index contributed by atoms with van der Waals surface area (Å²) in [6.45, 7) is 0. The topological polar surface area (TPSA) is 52.9 Å². The van der Waals surface area contributed by atoms with E-state index in [9.17, 15) is 4.79 Å². The number of benzene rings is 1. The summed E-state index contributed by atoms with van der Waals surface area (Å²) in [5.74, 6) is -0.211. The normalized spacial score (nSPS) is 9.83. The van der Waals surface area contributed by atoms with Gasteiger partial charge in [0.2, 0.25) is 0 Å². The number of rotatable bonds is 2. The van der Waals surface area contributed by atoms with Gasteiger partial charge in [-0.1, -0.05) is 11.6 Å². The third kappa shape index (κ3) is 2.91. The molecular weight excluding hydrogens is 336 g/mol. The highest BCUT2D eigenvalue weighted by Crippen LogP contribution is 2.24. The lowest BCUT2D eigenvalue weighted by Gasteiger charge is -2.04. The maximum Gasteiger partial charge on any atom is 0.265 e. The molecule has 1 aromatic carbocycles. The fourth-order valence-corrected chi connectivity index (χ4v) is 2.76. The van der Waals surface area contributed by atoms with Crippen LogP contribution in [0, 0.1) is 11.3 Å². The minimum Gasteiger partial charge on any atom is -0.321 e. The molecule has 0 unspecified atom stereocenters. The number of nitrogens with one attached hydrogen (secondary N) is 1. The Balaban J connectivity index is 2.20. The largest absolute Gasteiger partial charge is 0.321 e. The van der Waals surface area contributed by atoms with Crippen LogP contribution in [0.1, 0.15) is 15.2 Å². The molecular formula is C12H6BrClN2OS. The molecule has 1 aromatic heterocycles. The molecule has 0 aliphatic carbocycles. The zero-order valence-corrected chi connectivity index (χ0v) is 12.1. The highest BCUT2D eigenvalue weighted by atomic mass is 79.9. The summed E-state index contributed by atoms with van der Waals surface area (Å²) in [5.41, 5.74) is 0.882. The molecule has 0 saturated carbocycles. The molecule has 0 aliphatic rings. The van der Waals surface area contributed by atoms with Crippen LogP contribution in [0.4, 0.5) is 5.69 Å². The van der Waals surface area contributed by atoms with Crippen LogP contribution in [-0.4, -0.2) is 5.91 Å². The van der Waals surface area contributed by atoms with E-state index in [2.05, 4.69) is 21.2 Å². The average Bonchev–Trinajstić information content (AvgIpc) is 2.78. The molecule has 0 aliphatic heterocycles. The molecule has 6 heteroatoms. The second-order valence-corrected chi connectivity index (χ2v) is 6.23. The fourth-order valence-electron chi connectivity index (χ4n) is 1.32. The first-order valence-electron chi connectivity index (χ1n) is 4.86. The number of hydrogen-bond acceptors (Lipinski definition) is 3. The maximum absolute atomic E-state index is 11.9. The summed E-state index contributed by atoms with van der Waals surface area (Å²) in [6, 6.07) is 10.3. The predicted molar refractivity (Wildman–Crippen MR) is 76.1 cm³/mol. The van der Waals surface area contributed by atoms with Crippen molar-refractivity contribution in [2.45, 2.75) is 0 Å². The third-order valence-electron chi connectivity index (χ3n) is 2.14. The van der Waals surface area contributed by atoms with Crippen LogP contribution in [0.2, 0.25) is 5.02 Å². The second kappa shape index (κ2) is 5.53. The lowest BCUT2D eigenvalue weighted by atomic mass is 10.2. The third-order valence-corrected chi connectivity index (χ3v) is 4.09. The van der Waals surface area contributed by atoms with Gasteiger partial charge in [0.15, 0.2) is 0 Å². The van der Waals surface area contributed by atoms with Crippen molar-refractivity contribution in [3.05, 3.63) is 49.6 Å². The van der Waals surface area contributed by atoms with E-state index in [0.717, 1.165) is 3.79 Å². The number of carbonyl (C=O) groups is 1. The van der Waals surface area contributed by atoms with Crippen LogP contribution in [-0.2, 0) is 0 Å². The van der Waals surface area contributed by atoms with Crippen molar-refractivity contribution in [3.8, 4) is 6.07 Å². The van der Waals surface area contributed by atoms with Gasteiger partial charge in [0, 0.05) is 5.69 Å². The van der Waals surface area contributed by atoms with Crippen molar-refractivity contribution < 1.29 is 4.79 Å². The quantitative estimate of drug-likeness (QED) is 0.886. The summed E-state index contributed by atoms with van der Waals surface area (Å²) < 4.78 is 0.890. The Labute approximate surface area is 121 Å². The summed E-state index contributed by atoms with van der Waals surface area (Å²) in [6.07, 6.45) is 0. The van der Waals surface area contributed by atoms with Crippen molar-refractivity contribution in [2.24, 2.45) is 0 Å². The molecule has 1 heterocycles. The second-order valence-electron chi connectivity index (χ2n) is 3.36. The van der Waals surface area contributed by atoms with Gasteiger partial charge in [0.05, 0.1) is 19.2 Å². The van der Waals surface area contributed by atoms with Crippen LogP contribution < -0.4 is 5.32 Å². The summed E-state index contributed by atoms with van der Waals surface area (Å²) in [4.78, 5) is 12.5. The Morgan fingerprint density at radius 2 is 2.17 bits per heavy atom. The van der Waals surface area contributed by atoms with Gasteiger partial charge in [0.25, 0.3) is 5.91 Å². The van der Waals surface area contributed by atoms with Crippen molar-refractivity contribution in [1.29, 1.82) is 5.26 Å². The van der Waals surface area contributed by atoms with Crippen LogP contribution >= 0.6 is 38.9 Å². The minimum absolute atomic E-state index is 0.211. The van der Waals surface area contributed by atoms with Gasteiger partial charge < -0.3 is 5.32 Å². The number of nitriles is 1. The SMILES string of the molecule is N#Cc1cc(NC(=O)c2ccc(Br)s2)ccc1Cl. The van der Waals surface area contributed by atoms with Gasteiger partial charge in [-0.2, -0.15) is 5.26 Å². The highest BCUT2D eigenvalue weighted by Gasteiger charge is 2.09. The van der Waals surface area contributed by atoms with Gasteiger partial charge in [-0.05, 0) is 46.3 Å². The van der Waals surface area contributed by atoms with Gasteiger partial charge in [0.1, 0.15) is 6.07 Å². The van der Waals surface area contributed by atoms with Crippen molar-refractivity contribution in [1.82, 2.24) is 0 Å². The lowest BCUT2D eigenvalue weighted by Crippen LogP contribution is -2.10. The Morgan fingerprint density at radius 1 is 1.39 bits per heavy atom. The van der Waals surface area contributed by atoms with Crippen molar-refractivity contribution in [3.63, 3.8) is 0 Å². The number of halogens is 2. The van der Waals surface area contributed by atoms with E-state index in [1.54, 1.807) is 24.3 Å². The monoisotopic (exact) mass is 340 g/mol. The van der Waals surface area contributed by atoms with Crippen LogP contribution in [0.25, 0.3) is 0 Å². The van der Waals surface area contributed by atoms with Gasteiger partial charge >= 0.3 is 0 Å².